The second-order valence-electron chi connectivity index (χ2n) is 13.7. The van der Waals surface area contributed by atoms with Crippen molar-refractivity contribution in [1.29, 1.82) is 0 Å². The maximum absolute atomic E-state index is 14.1. The third-order valence-electron chi connectivity index (χ3n) is 9.75. The number of rotatable bonds is 10. The molecular formula is C36H46N4O4Si. The first kappa shape index (κ1) is 32.6. The Labute approximate surface area is 267 Å². The summed E-state index contributed by atoms with van der Waals surface area (Å²) >= 11 is 0. The van der Waals surface area contributed by atoms with Crippen LogP contribution in [0.25, 0.3) is 11.0 Å². The van der Waals surface area contributed by atoms with Crippen LogP contribution < -0.4 is 0 Å². The zero-order valence-corrected chi connectivity index (χ0v) is 28.9. The van der Waals surface area contributed by atoms with Gasteiger partial charge in [-0.25, -0.2) is 14.4 Å². The maximum Gasteiger partial charge on any atom is 0.416 e. The Morgan fingerprint density at radius 3 is 2.51 bits per heavy atom. The lowest BCUT2D eigenvalue weighted by Crippen LogP contribution is -2.41. The molecule has 1 saturated heterocycles. The van der Waals surface area contributed by atoms with Crippen molar-refractivity contribution in [3.8, 4) is 0 Å². The Balaban J connectivity index is 1.52. The highest BCUT2D eigenvalue weighted by Crippen LogP contribution is 2.39. The number of aryl methyl sites for hydroxylation is 3. The Morgan fingerprint density at radius 1 is 1.09 bits per heavy atom. The number of cyclic esters (lactones) is 1. The summed E-state index contributed by atoms with van der Waals surface area (Å²) in [4.78, 5) is 28.4. The van der Waals surface area contributed by atoms with Gasteiger partial charge in [0.05, 0.1) is 18.2 Å². The highest BCUT2D eigenvalue weighted by atomic mass is 28.4. The van der Waals surface area contributed by atoms with Gasteiger partial charge in [-0.1, -0.05) is 80.6 Å². The van der Waals surface area contributed by atoms with Gasteiger partial charge in [0.1, 0.15) is 12.1 Å². The fraction of sp³-hybridized carbons (Fsp3) is 0.444. The van der Waals surface area contributed by atoms with E-state index in [0.717, 1.165) is 44.4 Å². The summed E-state index contributed by atoms with van der Waals surface area (Å²) in [5.74, 6) is -0.563. The summed E-state index contributed by atoms with van der Waals surface area (Å²) in [6, 6.07) is 20.1. The first-order chi connectivity index (χ1) is 21.3. The topological polar surface area (TPSA) is 86.6 Å². The van der Waals surface area contributed by atoms with E-state index in [0.29, 0.717) is 19.6 Å². The molecule has 2 amide bonds. The molecule has 5 rings (SSSR count). The van der Waals surface area contributed by atoms with E-state index < -0.39 is 14.4 Å². The SMILES string of the molecule is CCn1nnc2c(C)c([C@H](CC(=O)N3C(=O)OC[C@@H]3Cc3ccccc3)c3ccc(C)c(CO[Si](C)(C)C(C)(C)C)c3)ccc21. The van der Waals surface area contributed by atoms with Crippen LogP contribution in [0.15, 0.2) is 60.7 Å². The van der Waals surface area contributed by atoms with E-state index in [1.165, 1.54) is 4.90 Å². The number of imide groups is 1. The maximum atomic E-state index is 14.1. The van der Waals surface area contributed by atoms with Crippen molar-refractivity contribution in [2.75, 3.05) is 6.61 Å². The minimum absolute atomic E-state index is 0.0938. The van der Waals surface area contributed by atoms with Crippen LogP contribution in [0.4, 0.5) is 4.79 Å². The monoisotopic (exact) mass is 626 g/mol. The van der Waals surface area contributed by atoms with Gasteiger partial charge in [-0.3, -0.25) is 4.79 Å². The molecule has 2 atom stereocenters. The zero-order chi connectivity index (χ0) is 32.5. The molecule has 1 fully saturated rings. The van der Waals surface area contributed by atoms with E-state index in [2.05, 4.69) is 75.4 Å². The molecule has 0 spiro atoms. The number of hydrogen-bond acceptors (Lipinski definition) is 6. The molecule has 2 heterocycles. The summed E-state index contributed by atoms with van der Waals surface area (Å²) in [7, 11) is -1.98. The Bertz CT molecular complexity index is 1690. The van der Waals surface area contributed by atoms with Gasteiger partial charge in [-0.2, -0.15) is 0 Å². The summed E-state index contributed by atoms with van der Waals surface area (Å²) in [5.41, 5.74) is 8.06. The molecule has 1 aliphatic rings. The molecule has 9 heteroatoms. The molecule has 0 N–H and O–H groups in total. The number of benzene rings is 3. The smallest absolute Gasteiger partial charge is 0.416 e. The van der Waals surface area contributed by atoms with Gasteiger partial charge in [0.15, 0.2) is 8.32 Å². The van der Waals surface area contributed by atoms with Crippen molar-refractivity contribution in [3.05, 3.63) is 94.0 Å². The molecule has 45 heavy (non-hydrogen) atoms. The highest BCUT2D eigenvalue weighted by Gasteiger charge is 2.40. The van der Waals surface area contributed by atoms with Crippen molar-refractivity contribution in [2.24, 2.45) is 0 Å². The van der Waals surface area contributed by atoms with Crippen LogP contribution in [-0.2, 0) is 33.5 Å². The molecule has 8 nitrogen and oxygen atoms in total. The Hall–Kier alpha value is -3.82. The van der Waals surface area contributed by atoms with Gasteiger partial charge in [0, 0.05) is 18.9 Å². The molecule has 0 radical (unpaired) electrons. The molecule has 0 unspecified atom stereocenters. The fourth-order valence-electron chi connectivity index (χ4n) is 5.82. The van der Waals surface area contributed by atoms with Crippen LogP contribution >= 0.6 is 0 Å². The predicted octanol–water partition coefficient (Wildman–Crippen LogP) is 7.70. The average molecular weight is 627 g/mol. The van der Waals surface area contributed by atoms with Gasteiger partial charge >= 0.3 is 6.09 Å². The molecule has 238 valence electrons. The molecule has 0 aliphatic carbocycles. The number of amides is 2. The van der Waals surface area contributed by atoms with Gasteiger partial charge < -0.3 is 9.16 Å². The van der Waals surface area contributed by atoms with Crippen LogP contribution in [0.5, 0.6) is 0 Å². The van der Waals surface area contributed by atoms with E-state index in [9.17, 15) is 9.59 Å². The van der Waals surface area contributed by atoms with Gasteiger partial charge in [-0.15, -0.1) is 5.10 Å². The number of carbonyl (C=O) groups is 2. The molecule has 1 aliphatic heterocycles. The lowest BCUT2D eigenvalue weighted by molar-refractivity contribution is -0.129. The van der Waals surface area contributed by atoms with Crippen LogP contribution in [0.3, 0.4) is 0 Å². The van der Waals surface area contributed by atoms with E-state index in [1.54, 1.807) is 0 Å². The van der Waals surface area contributed by atoms with Crippen LogP contribution in [0, 0.1) is 13.8 Å². The summed E-state index contributed by atoms with van der Waals surface area (Å²) in [5, 5.41) is 8.93. The second-order valence-corrected chi connectivity index (χ2v) is 18.5. The average Bonchev–Trinajstić information content (AvgIpc) is 3.59. The molecule has 4 aromatic rings. The van der Waals surface area contributed by atoms with Crippen molar-refractivity contribution in [1.82, 2.24) is 19.9 Å². The third-order valence-corrected chi connectivity index (χ3v) is 14.2. The summed E-state index contributed by atoms with van der Waals surface area (Å²) in [6.45, 7) is 18.8. The lowest BCUT2D eigenvalue weighted by atomic mass is 9.84. The minimum atomic E-state index is -1.98. The fourth-order valence-corrected chi connectivity index (χ4v) is 6.76. The van der Waals surface area contributed by atoms with Crippen LogP contribution in [0.2, 0.25) is 18.1 Å². The van der Waals surface area contributed by atoms with E-state index in [4.69, 9.17) is 9.16 Å². The molecule has 0 bridgehead atoms. The minimum Gasteiger partial charge on any atom is -0.447 e. The Morgan fingerprint density at radius 2 is 1.82 bits per heavy atom. The number of nitrogens with zero attached hydrogens (tertiary/aromatic N) is 4. The van der Waals surface area contributed by atoms with Crippen molar-refractivity contribution in [2.45, 2.75) is 97.6 Å². The number of carbonyl (C=O) groups excluding carboxylic acids is 2. The first-order valence-electron chi connectivity index (χ1n) is 15.9. The highest BCUT2D eigenvalue weighted by molar-refractivity contribution is 6.74. The first-order valence-corrected chi connectivity index (χ1v) is 18.8. The van der Waals surface area contributed by atoms with Crippen molar-refractivity contribution < 1.29 is 18.8 Å². The van der Waals surface area contributed by atoms with Crippen LogP contribution in [0.1, 0.15) is 73.4 Å². The molecule has 1 aromatic heterocycles. The summed E-state index contributed by atoms with van der Waals surface area (Å²) < 4.78 is 13.9. The van der Waals surface area contributed by atoms with E-state index >= 15 is 0 Å². The zero-order valence-electron chi connectivity index (χ0n) is 27.9. The number of hydrogen-bond donors (Lipinski definition) is 0. The quantitative estimate of drug-likeness (QED) is 0.168. The third kappa shape index (κ3) is 6.74. The lowest BCUT2D eigenvalue weighted by Gasteiger charge is -2.36. The van der Waals surface area contributed by atoms with Crippen molar-refractivity contribution in [3.63, 3.8) is 0 Å². The number of fused-ring (bicyclic) bond motifs is 1. The summed E-state index contributed by atoms with van der Waals surface area (Å²) in [6.07, 6.45) is 0.0819. The van der Waals surface area contributed by atoms with Crippen LogP contribution in [-0.4, -0.2) is 52.9 Å². The molecular weight excluding hydrogens is 581 g/mol. The number of ether oxygens (including phenoxy) is 1. The predicted molar refractivity (Wildman–Crippen MR) is 180 cm³/mol. The van der Waals surface area contributed by atoms with E-state index in [1.807, 2.05) is 54.9 Å². The standard InChI is InChI=1S/C36H46N4O4Si/c1-9-39-32-18-17-30(25(3)34(32)37-38-39)31(27-16-15-24(2)28(20-27)22-44-45(7,8)36(4,5)6)21-33(41)40-29(23-43-35(40)42)19-26-13-11-10-12-14-26/h10-18,20,29,31H,9,19,21-23H2,1-8H3/t29-,31+/m0/s1. The normalized spacial score (nSPS) is 16.3. The van der Waals surface area contributed by atoms with Gasteiger partial charge in [0.2, 0.25) is 5.91 Å². The number of aromatic nitrogens is 3. The van der Waals surface area contributed by atoms with E-state index in [-0.39, 0.29) is 35.9 Å². The molecule has 0 saturated carbocycles. The van der Waals surface area contributed by atoms with Gasteiger partial charge in [-0.05, 0) is 84.8 Å². The molecule has 3 aromatic carbocycles. The van der Waals surface area contributed by atoms with Crippen molar-refractivity contribution >= 4 is 31.4 Å². The second kappa shape index (κ2) is 12.9. The Kier molecular flexibility index (Phi) is 9.33. The largest absolute Gasteiger partial charge is 0.447 e. The van der Waals surface area contributed by atoms with Gasteiger partial charge in [0.25, 0.3) is 0 Å².